The molecule has 1 heterocycles. The van der Waals surface area contributed by atoms with Gasteiger partial charge in [0.2, 0.25) is 10.0 Å². The van der Waals surface area contributed by atoms with Crippen molar-refractivity contribution in [3.05, 3.63) is 94.0 Å². The van der Waals surface area contributed by atoms with Crippen LogP contribution in [-0.2, 0) is 21.3 Å². The number of benzene rings is 3. The van der Waals surface area contributed by atoms with Gasteiger partial charge < -0.3 is 14.8 Å². The molecule has 4 rings (SSSR count). The lowest BCUT2D eigenvalue weighted by atomic mass is 10.1. The van der Waals surface area contributed by atoms with Crippen LogP contribution in [0.3, 0.4) is 0 Å². The van der Waals surface area contributed by atoms with Gasteiger partial charge in [0.25, 0.3) is 11.6 Å². The maximum absolute atomic E-state index is 12.9. The van der Waals surface area contributed by atoms with Crippen molar-refractivity contribution in [1.82, 2.24) is 9.62 Å². The van der Waals surface area contributed by atoms with Crippen LogP contribution in [0.1, 0.15) is 15.9 Å². The molecule has 0 bridgehead atoms. The second-order valence-electron chi connectivity index (χ2n) is 7.70. The molecule has 0 aliphatic carbocycles. The molecule has 3 aromatic carbocycles. The lowest BCUT2D eigenvalue weighted by Gasteiger charge is -2.26. The minimum Gasteiger partial charge on any atom is -0.457 e. The fourth-order valence-electron chi connectivity index (χ4n) is 3.51. The van der Waals surface area contributed by atoms with Gasteiger partial charge in [-0.1, -0.05) is 30.3 Å². The Morgan fingerprint density at radius 3 is 2.37 bits per heavy atom. The van der Waals surface area contributed by atoms with Gasteiger partial charge in [0.1, 0.15) is 11.5 Å². The molecular formula is C24H23N3O7S. The third kappa shape index (κ3) is 5.83. The molecule has 1 aliphatic rings. The standard InChI is InChI=1S/C24H23N3O7S/c28-24(22-16-19(27(29)30)8-11-23(22)34-20-4-2-1-3-5-20)25-17-18-6-9-21(10-7-18)35(31,32)26-12-14-33-15-13-26/h1-11,16H,12-15,17H2,(H,25,28). The number of nitro benzene ring substituents is 1. The fourth-order valence-corrected chi connectivity index (χ4v) is 4.91. The van der Waals surface area contributed by atoms with E-state index in [1.165, 1.54) is 28.6 Å². The first kappa shape index (κ1) is 24.3. The summed E-state index contributed by atoms with van der Waals surface area (Å²) in [6.45, 7) is 1.41. The zero-order valence-electron chi connectivity index (χ0n) is 18.6. The molecule has 35 heavy (non-hydrogen) atoms. The first-order valence-electron chi connectivity index (χ1n) is 10.8. The summed E-state index contributed by atoms with van der Waals surface area (Å²) < 4.78 is 37.9. The summed E-state index contributed by atoms with van der Waals surface area (Å²) in [6, 6.07) is 18.8. The average Bonchev–Trinajstić information content (AvgIpc) is 2.88. The summed E-state index contributed by atoms with van der Waals surface area (Å²) in [4.78, 5) is 23.7. The topological polar surface area (TPSA) is 128 Å². The zero-order chi connectivity index (χ0) is 24.8. The number of para-hydroxylation sites is 1. The molecule has 0 saturated carbocycles. The highest BCUT2D eigenvalue weighted by Gasteiger charge is 2.26. The van der Waals surface area contributed by atoms with Gasteiger partial charge in [0, 0.05) is 31.8 Å². The fraction of sp³-hybridized carbons (Fsp3) is 0.208. The van der Waals surface area contributed by atoms with Gasteiger partial charge >= 0.3 is 0 Å². The number of sulfonamides is 1. The van der Waals surface area contributed by atoms with Gasteiger partial charge in [-0.2, -0.15) is 4.31 Å². The van der Waals surface area contributed by atoms with Crippen LogP contribution in [-0.4, -0.2) is 49.9 Å². The summed E-state index contributed by atoms with van der Waals surface area (Å²) in [7, 11) is -3.62. The summed E-state index contributed by atoms with van der Waals surface area (Å²) in [5.74, 6) is 0.0865. The van der Waals surface area contributed by atoms with E-state index in [9.17, 15) is 23.3 Å². The van der Waals surface area contributed by atoms with Gasteiger partial charge in [-0.05, 0) is 35.9 Å². The van der Waals surface area contributed by atoms with Crippen molar-refractivity contribution in [2.24, 2.45) is 0 Å². The van der Waals surface area contributed by atoms with Crippen molar-refractivity contribution in [2.75, 3.05) is 26.3 Å². The molecule has 1 amide bonds. The second kappa shape index (κ2) is 10.6. The minimum atomic E-state index is -3.62. The van der Waals surface area contributed by atoms with E-state index in [4.69, 9.17) is 9.47 Å². The number of ether oxygens (including phenoxy) is 2. The van der Waals surface area contributed by atoms with E-state index in [0.29, 0.717) is 37.6 Å². The molecule has 11 heteroatoms. The number of non-ortho nitro benzene ring substituents is 1. The smallest absolute Gasteiger partial charge is 0.270 e. The van der Waals surface area contributed by atoms with Gasteiger partial charge in [0.05, 0.1) is 28.6 Å². The number of amides is 1. The van der Waals surface area contributed by atoms with Crippen molar-refractivity contribution < 1.29 is 27.6 Å². The van der Waals surface area contributed by atoms with E-state index >= 15 is 0 Å². The lowest BCUT2D eigenvalue weighted by Crippen LogP contribution is -2.40. The summed E-state index contributed by atoms with van der Waals surface area (Å²) in [6.07, 6.45) is 0. The van der Waals surface area contributed by atoms with Crippen LogP contribution in [0.25, 0.3) is 0 Å². The van der Waals surface area contributed by atoms with E-state index in [2.05, 4.69) is 5.32 Å². The van der Waals surface area contributed by atoms with Crippen molar-refractivity contribution >= 4 is 21.6 Å². The highest BCUT2D eigenvalue weighted by Crippen LogP contribution is 2.29. The number of nitro groups is 1. The quantitative estimate of drug-likeness (QED) is 0.373. The van der Waals surface area contributed by atoms with E-state index in [0.717, 1.165) is 6.07 Å². The molecule has 1 N–H and O–H groups in total. The molecule has 0 radical (unpaired) electrons. The van der Waals surface area contributed by atoms with Crippen molar-refractivity contribution in [3.8, 4) is 11.5 Å². The summed E-state index contributed by atoms with van der Waals surface area (Å²) >= 11 is 0. The van der Waals surface area contributed by atoms with Gasteiger partial charge in [-0.3, -0.25) is 14.9 Å². The molecule has 0 unspecified atom stereocenters. The van der Waals surface area contributed by atoms with Crippen molar-refractivity contribution in [2.45, 2.75) is 11.4 Å². The lowest BCUT2D eigenvalue weighted by molar-refractivity contribution is -0.384. The van der Waals surface area contributed by atoms with Crippen LogP contribution in [0.2, 0.25) is 0 Å². The van der Waals surface area contributed by atoms with E-state index in [1.54, 1.807) is 36.4 Å². The van der Waals surface area contributed by atoms with Crippen LogP contribution in [0.4, 0.5) is 5.69 Å². The molecule has 0 spiro atoms. The molecule has 1 saturated heterocycles. The number of hydrogen-bond donors (Lipinski definition) is 1. The SMILES string of the molecule is O=C(NCc1ccc(S(=O)(=O)N2CCOCC2)cc1)c1cc([N+](=O)[O-])ccc1Oc1ccccc1. The number of carbonyl (C=O) groups is 1. The monoisotopic (exact) mass is 497 g/mol. The maximum atomic E-state index is 12.9. The van der Waals surface area contributed by atoms with Crippen molar-refractivity contribution in [3.63, 3.8) is 0 Å². The zero-order valence-corrected chi connectivity index (χ0v) is 19.4. The first-order chi connectivity index (χ1) is 16.8. The molecule has 3 aromatic rings. The number of carbonyl (C=O) groups excluding carboxylic acids is 1. The number of rotatable bonds is 8. The van der Waals surface area contributed by atoms with Gasteiger partial charge in [-0.15, -0.1) is 0 Å². The number of morpholine rings is 1. The minimum absolute atomic E-state index is 0.00886. The van der Waals surface area contributed by atoms with Crippen LogP contribution in [0.15, 0.2) is 77.7 Å². The number of nitrogens with zero attached hydrogens (tertiary/aromatic N) is 2. The second-order valence-corrected chi connectivity index (χ2v) is 9.63. The Balaban J connectivity index is 1.47. The predicted octanol–water partition coefficient (Wildman–Crippen LogP) is 3.34. The van der Waals surface area contributed by atoms with E-state index in [1.807, 2.05) is 6.07 Å². The highest BCUT2D eigenvalue weighted by atomic mass is 32.2. The first-order valence-corrected chi connectivity index (χ1v) is 12.2. The van der Waals surface area contributed by atoms with Crippen LogP contribution in [0.5, 0.6) is 11.5 Å². The molecular weight excluding hydrogens is 474 g/mol. The summed E-state index contributed by atoms with van der Waals surface area (Å²) in [5.41, 5.74) is 0.429. The predicted molar refractivity (Wildman–Crippen MR) is 127 cm³/mol. The molecule has 1 aliphatic heterocycles. The Hall–Kier alpha value is -3.80. The molecule has 10 nitrogen and oxygen atoms in total. The van der Waals surface area contributed by atoms with Crippen LogP contribution < -0.4 is 10.1 Å². The number of hydrogen-bond acceptors (Lipinski definition) is 7. The Kier molecular flexibility index (Phi) is 7.39. The molecule has 0 aromatic heterocycles. The Morgan fingerprint density at radius 1 is 1.03 bits per heavy atom. The maximum Gasteiger partial charge on any atom is 0.270 e. The van der Waals surface area contributed by atoms with Crippen LogP contribution >= 0.6 is 0 Å². The van der Waals surface area contributed by atoms with Crippen LogP contribution in [0, 0.1) is 10.1 Å². The summed E-state index contributed by atoms with van der Waals surface area (Å²) in [5, 5.41) is 13.9. The van der Waals surface area contributed by atoms with Crippen molar-refractivity contribution in [1.29, 1.82) is 0 Å². The van der Waals surface area contributed by atoms with E-state index < -0.39 is 20.9 Å². The number of nitrogens with one attached hydrogen (secondary N) is 1. The Bertz CT molecular complexity index is 1310. The molecule has 182 valence electrons. The van der Waals surface area contributed by atoms with Gasteiger partial charge in [0.15, 0.2) is 0 Å². The Morgan fingerprint density at radius 2 is 1.71 bits per heavy atom. The third-order valence-electron chi connectivity index (χ3n) is 5.37. The highest BCUT2D eigenvalue weighted by molar-refractivity contribution is 7.89. The molecule has 1 fully saturated rings. The van der Waals surface area contributed by atoms with E-state index in [-0.39, 0.29) is 28.4 Å². The molecule has 0 atom stereocenters. The normalized spacial score (nSPS) is 14.3. The Labute approximate surface area is 202 Å². The third-order valence-corrected chi connectivity index (χ3v) is 7.29. The van der Waals surface area contributed by atoms with Gasteiger partial charge in [-0.25, -0.2) is 8.42 Å². The average molecular weight is 498 g/mol. The largest absolute Gasteiger partial charge is 0.457 e.